The molecule has 7 heteroatoms. The van der Waals surface area contributed by atoms with Gasteiger partial charge in [0.05, 0.1) is 10.9 Å². The van der Waals surface area contributed by atoms with E-state index in [4.69, 9.17) is 4.74 Å². The van der Waals surface area contributed by atoms with Gasteiger partial charge in [-0.2, -0.15) is 0 Å². The van der Waals surface area contributed by atoms with Gasteiger partial charge in [-0.25, -0.2) is 4.79 Å². The van der Waals surface area contributed by atoms with Crippen molar-refractivity contribution in [2.45, 2.75) is 46.1 Å². The number of carboxylic acids is 1. The van der Waals surface area contributed by atoms with E-state index in [0.29, 0.717) is 12.8 Å². The van der Waals surface area contributed by atoms with Crippen molar-refractivity contribution in [1.82, 2.24) is 10.3 Å². The molecule has 21 heavy (non-hydrogen) atoms. The lowest BCUT2D eigenvalue weighted by molar-refractivity contribution is -0.148. The number of thiazole rings is 1. The molecule has 2 N–H and O–H groups in total. The molecule has 1 rings (SSSR count). The largest absolute Gasteiger partial charge is 0.481 e. The smallest absolute Gasteiger partial charge is 0.407 e. The molecular weight excluding hydrogens is 292 g/mol. The minimum absolute atomic E-state index is 0.0195. The quantitative estimate of drug-likeness (QED) is 0.842. The average molecular weight is 314 g/mol. The molecule has 0 saturated carbocycles. The molecule has 6 nitrogen and oxygen atoms in total. The van der Waals surface area contributed by atoms with Gasteiger partial charge >= 0.3 is 12.1 Å². The van der Waals surface area contributed by atoms with Crippen molar-refractivity contribution in [3.05, 3.63) is 16.6 Å². The van der Waals surface area contributed by atoms with Gasteiger partial charge in [-0.3, -0.25) is 9.78 Å². The molecule has 0 aromatic carbocycles. The highest BCUT2D eigenvalue weighted by atomic mass is 32.1. The molecule has 0 bridgehead atoms. The molecule has 118 valence electrons. The first kappa shape index (κ1) is 17.4. The van der Waals surface area contributed by atoms with Crippen molar-refractivity contribution < 1.29 is 19.4 Å². The highest BCUT2D eigenvalue weighted by molar-refractivity contribution is 7.09. The SMILES string of the molecule is CCC(CNC(=O)OC(C)(C)C)(Cc1cncs1)C(=O)O. The summed E-state index contributed by atoms with van der Waals surface area (Å²) >= 11 is 1.41. The third kappa shape index (κ3) is 5.34. The summed E-state index contributed by atoms with van der Waals surface area (Å²) in [6.07, 6.45) is 1.78. The summed E-state index contributed by atoms with van der Waals surface area (Å²) in [4.78, 5) is 28.2. The van der Waals surface area contributed by atoms with Crippen LogP contribution in [0, 0.1) is 5.41 Å². The molecule has 1 amide bonds. The van der Waals surface area contributed by atoms with Crippen molar-refractivity contribution in [2.75, 3.05) is 6.54 Å². The Labute approximate surface area is 128 Å². The number of carbonyl (C=O) groups is 2. The van der Waals surface area contributed by atoms with Gasteiger partial charge in [-0.15, -0.1) is 11.3 Å². The molecule has 0 saturated heterocycles. The fraction of sp³-hybridized carbons (Fsp3) is 0.643. The number of aliphatic carboxylic acids is 1. The first-order chi connectivity index (χ1) is 9.68. The topological polar surface area (TPSA) is 88.5 Å². The van der Waals surface area contributed by atoms with Crippen molar-refractivity contribution in [3.8, 4) is 0 Å². The van der Waals surface area contributed by atoms with Crippen LogP contribution in [-0.4, -0.2) is 34.3 Å². The summed E-state index contributed by atoms with van der Waals surface area (Å²) in [6, 6.07) is 0. The van der Waals surface area contributed by atoms with Gasteiger partial charge in [0.25, 0.3) is 0 Å². The molecule has 0 spiro atoms. The van der Waals surface area contributed by atoms with E-state index in [-0.39, 0.29) is 6.54 Å². The monoisotopic (exact) mass is 314 g/mol. The van der Waals surface area contributed by atoms with Gasteiger partial charge in [0.15, 0.2) is 0 Å². The molecule has 1 atom stereocenters. The van der Waals surface area contributed by atoms with Crippen LogP contribution >= 0.6 is 11.3 Å². The first-order valence-corrected chi connectivity index (χ1v) is 7.64. The van der Waals surface area contributed by atoms with E-state index in [1.54, 1.807) is 39.4 Å². The number of amides is 1. The number of rotatable bonds is 6. The maximum Gasteiger partial charge on any atom is 0.407 e. The van der Waals surface area contributed by atoms with Gasteiger partial charge in [0, 0.05) is 24.0 Å². The zero-order valence-corrected chi connectivity index (χ0v) is 13.6. The zero-order chi connectivity index (χ0) is 16.1. The molecule has 0 radical (unpaired) electrons. The molecule has 0 aliphatic rings. The lowest BCUT2D eigenvalue weighted by Gasteiger charge is -2.28. The fourth-order valence-corrected chi connectivity index (χ4v) is 2.57. The molecule has 0 aliphatic heterocycles. The lowest BCUT2D eigenvalue weighted by Crippen LogP contribution is -2.45. The van der Waals surface area contributed by atoms with Gasteiger partial charge in [-0.1, -0.05) is 6.92 Å². The summed E-state index contributed by atoms with van der Waals surface area (Å²) in [5.74, 6) is -0.936. The number of hydrogen-bond acceptors (Lipinski definition) is 5. The van der Waals surface area contributed by atoms with Gasteiger partial charge in [0.2, 0.25) is 0 Å². The summed E-state index contributed by atoms with van der Waals surface area (Å²) in [7, 11) is 0. The van der Waals surface area contributed by atoms with Crippen molar-refractivity contribution in [3.63, 3.8) is 0 Å². The molecule has 1 unspecified atom stereocenters. The Kier molecular flexibility index (Phi) is 5.71. The number of nitrogens with zero attached hydrogens (tertiary/aromatic N) is 1. The van der Waals surface area contributed by atoms with E-state index in [0.717, 1.165) is 4.88 Å². The third-order valence-electron chi connectivity index (χ3n) is 3.10. The van der Waals surface area contributed by atoms with E-state index in [1.165, 1.54) is 11.3 Å². The Morgan fingerprint density at radius 2 is 2.10 bits per heavy atom. The van der Waals surface area contributed by atoms with Crippen LogP contribution in [0.2, 0.25) is 0 Å². The van der Waals surface area contributed by atoms with E-state index in [9.17, 15) is 14.7 Å². The fourth-order valence-electron chi connectivity index (χ4n) is 1.83. The standard InChI is InChI=1S/C14H22N2O4S/c1-5-14(11(17)18,6-10-7-15-9-21-10)8-16-12(19)20-13(2,3)4/h7,9H,5-6,8H2,1-4H3,(H,16,19)(H,17,18). The Balaban J connectivity index is 2.74. The molecular formula is C14H22N2O4S. The van der Waals surface area contributed by atoms with Crippen LogP contribution in [0.4, 0.5) is 4.79 Å². The van der Waals surface area contributed by atoms with Gasteiger partial charge in [-0.05, 0) is 27.2 Å². The number of ether oxygens (including phenoxy) is 1. The predicted octanol–water partition coefficient (Wildman–Crippen LogP) is 2.69. The summed E-state index contributed by atoms with van der Waals surface area (Å²) < 4.78 is 5.14. The summed E-state index contributed by atoms with van der Waals surface area (Å²) in [5, 5.41) is 12.1. The number of hydrogen-bond donors (Lipinski definition) is 2. The van der Waals surface area contributed by atoms with Crippen LogP contribution in [0.1, 0.15) is 39.0 Å². The second-order valence-electron chi connectivity index (χ2n) is 5.94. The first-order valence-electron chi connectivity index (χ1n) is 6.76. The second-order valence-corrected chi connectivity index (χ2v) is 6.91. The number of alkyl carbamates (subject to hydrolysis) is 1. The summed E-state index contributed by atoms with van der Waals surface area (Å²) in [5.41, 5.74) is 0.00217. The molecule has 0 aliphatic carbocycles. The molecule has 1 aromatic heterocycles. The van der Waals surface area contributed by atoms with Crippen molar-refractivity contribution >= 4 is 23.4 Å². The Morgan fingerprint density at radius 3 is 2.52 bits per heavy atom. The highest BCUT2D eigenvalue weighted by Crippen LogP contribution is 2.28. The number of nitrogens with one attached hydrogen (secondary N) is 1. The minimum Gasteiger partial charge on any atom is -0.481 e. The molecule has 0 fully saturated rings. The van der Waals surface area contributed by atoms with Crippen molar-refractivity contribution in [1.29, 1.82) is 0 Å². The highest BCUT2D eigenvalue weighted by Gasteiger charge is 2.38. The van der Waals surface area contributed by atoms with Crippen molar-refractivity contribution in [2.24, 2.45) is 5.41 Å². The van der Waals surface area contributed by atoms with Crippen LogP contribution in [0.5, 0.6) is 0 Å². The molecule has 1 heterocycles. The Bertz CT molecular complexity index is 482. The number of aromatic nitrogens is 1. The number of carbonyl (C=O) groups excluding carboxylic acids is 1. The minimum atomic E-state index is -1.05. The average Bonchev–Trinajstić information content (AvgIpc) is 2.84. The van der Waals surface area contributed by atoms with Crippen LogP contribution in [0.3, 0.4) is 0 Å². The molecule has 1 aromatic rings. The maximum atomic E-state index is 11.7. The predicted molar refractivity (Wildman–Crippen MR) is 80.4 cm³/mol. The van der Waals surface area contributed by atoms with Crippen LogP contribution in [0.15, 0.2) is 11.7 Å². The van der Waals surface area contributed by atoms with E-state index >= 15 is 0 Å². The van der Waals surface area contributed by atoms with Crippen LogP contribution in [0.25, 0.3) is 0 Å². The lowest BCUT2D eigenvalue weighted by atomic mass is 9.81. The normalized spacial score (nSPS) is 14.3. The van der Waals surface area contributed by atoms with Gasteiger partial charge in [0.1, 0.15) is 5.60 Å². The van der Waals surface area contributed by atoms with Crippen LogP contribution in [-0.2, 0) is 16.0 Å². The Morgan fingerprint density at radius 1 is 1.43 bits per heavy atom. The van der Waals surface area contributed by atoms with Gasteiger partial charge < -0.3 is 15.2 Å². The van der Waals surface area contributed by atoms with E-state index < -0.39 is 23.1 Å². The van der Waals surface area contributed by atoms with E-state index in [2.05, 4.69) is 10.3 Å². The third-order valence-corrected chi connectivity index (χ3v) is 3.88. The summed E-state index contributed by atoms with van der Waals surface area (Å²) in [6.45, 7) is 7.09. The van der Waals surface area contributed by atoms with Crippen LogP contribution < -0.4 is 5.32 Å². The van der Waals surface area contributed by atoms with E-state index in [1.807, 2.05) is 0 Å². The maximum absolute atomic E-state index is 11.7. The number of carboxylic acid groups (broad SMARTS) is 1. The zero-order valence-electron chi connectivity index (χ0n) is 12.8. The second kappa shape index (κ2) is 6.89. The Hall–Kier alpha value is -1.63.